The molecule has 0 aliphatic rings. The van der Waals surface area contributed by atoms with Crippen LogP contribution in [0.5, 0.6) is 0 Å². The molecular weight excluding hydrogens is 1220 g/mol. The summed E-state index contributed by atoms with van der Waals surface area (Å²) in [5, 5.41) is 10.6. The summed E-state index contributed by atoms with van der Waals surface area (Å²) in [6, 6.07) is 0. The smallest absolute Gasteiger partial charge is 0.462 e. The molecule has 0 fully saturated rings. The summed E-state index contributed by atoms with van der Waals surface area (Å²) in [7, 11) is -9.90. The Labute approximate surface area is 568 Å². The number of ether oxygens (including phenoxy) is 4. The Hall–Kier alpha value is -1.94. The number of unbranched alkanes of at least 4 members (excludes halogenated alkanes) is 46. The fourth-order valence-corrected chi connectivity index (χ4v) is 12.9. The van der Waals surface area contributed by atoms with Crippen LogP contribution in [0, 0.1) is 5.92 Å². The van der Waals surface area contributed by atoms with Crippen molar-refractivity contribution in [3.63, 3.8) is 0 Å². The first-order chi connectivity index (χ1) is 45.0. The molecule has 0 amide bonds. The molecule has 0 aliphatic heterocycles. The highest BCUT2D eigenvalue weighted by molar-refractivity contribution is 7.47. The summed E-state index contributed by atoms with van der Waals surface area (Å²) >= 11 is 0. The van der Waals surface area contributed by atoms with Crippen molar-refractivity contribution in [2.75, 3.05) is 39.6 Å². The van der Waals surface area contributed by atoms with Gasteiger partial charge in [0.1, 0.15) is 19.3 Å². The van der Waals surface area contributed by atoms with E-state index in [4.69, 9.17) is 37.0 Å². The fraction of sp³-hybridized carbons (Fsp3) is 0.946. The summed E-state index contributed by atoms with van der Waals surface area (Å²) in [5.74, 6) is -1.40. The maximum Gasteiger partial charge on any atom is 0.472 e. The van der Waals surface area contributed by atoms with E-state index in [0.29, 0.717) is 25.7 Å². The van der Waals surface area contributed by atoms with Crippen LogP contribution in [-0.4, -0.2) is 96.7 Å². The average molecular weight is 1370 g/mol. The highest BCUT2D eigenvalue weighted by Gasteiger charge is 2.30. The standard InChI is InChI=1S/C74H144O17P2/c1-6-9-12-15-18-20-22-24-26-28-30-32-34-36-38-44-49-54-59-73(78)90-70(64-85-72(77)58-53-48-43-37-35-33-31-29-27-25-23-21-19-16-13-10-7-2)66-89-93(82,83)87-62-68(75)61-86-92(80,81)88-65-69(63-84-71(76)57-52-47-41-17-14-11-8-3)91-74(79)60-55-50-45-40-39-42-46-51-56-67(4)5/h67-70,75H,6-66H2,1-5H3,(H,80,81)(H,82,83)/t68-,69+,70+/m0/s1. The molecule has 17 nitrogen and oxygen atoms in total. The Bertz CT molecular complexity index is 1790. The number of phosphoric ester groups is 2. The molecule has 0 spiro atoms. The van der Waals surface area contributed by atoms with Gasteiger partial charge in [-0.05, 0) is 31.6 Å². The summed E-state index contributed by atoms with van der Waals surface area (Å²) in [6.07, 6.45) is 55.7. The summed E-state index contributed by atoms with van der Waals surface area (Å²) in [5.41, 5.74) is 0. The first kappa shape index (κ1) is 91.1. The van der Waals surface area contributed by atoms with Gasteiger partial charge in [0.2, 0.25) is 0 Å². The molecule has 2 unspecified atom stereocenters. The third-order valence-electron chi connectivity index (χ3n) is 17.3. The van der Waals surface area contributed by atoms with Crippen molar-refractivity contribution in [3.05, 3.63) is 0 Å². The summed E-state index contributed by atoms with van der Waals surface area (Å²) in [4.78, 5) is 72.6. The molecule has 5 atom stereocenters. The summed E-state index contributed by atoms with van der Waals surface area (Å²) < 4.78 is 68.3. The molecular formula is C74H144O17P2. The maximum absolute atomic E-state index is 13.1. The molecule has 552 valence electrons. The molecule has 3 N–H and O–H groups in total. The van der Waals surface area contributed by atoms with Gasteiger partial charge in [-0.3, -0.25) is 37.3 Å². The minimum atomic E-state index is -4.95. The van der Waals surface area contributed by atoms with Gasteiger partial charge in [-0.15, -0.1) is 0 Å². The lowest BCUT2D eigenvalue weighted by molar-refractivity contribution is -0.161. The maximum atomic E-state index is 13.1. The van der Waals surface area contributed by atoms with Gasteiger partial charge >= 0.3 is 39.5 Å². The Morgan fingerprint density at radius 2 is 0.495 bits per heavy atom. The van der Waals surface area contributed by atoms with Crippen molar-refractivity contribution in [1.29, 1.82) is 0 Å². The van der Waals surface area contributed by atoms with Crippen LogP contribution < -0.4 is 0 Å². The number of hydrogen-bond acceptors (Lipinski definition) is 15. The lowest BCUT2D eigenvalue weighted by Gasteiger charge is -2.21. The van der Waals surface area contributed by atoms with Crippen LogP contribution in [0.15, 0.2) is 0 Å². The minimum Gasteiger partial charge on any atom is -0.462 e. The van der Waals surface area contributed by atoms with E-state index in [0.717, 1.165) is 109 Å². The van der Waals surface area contributed by atoms with Crippen LogP contribution in [0.25, 0.3) is 0 Å². The van der Waals surface area contributed by atoms with Gasteiger partial charge in [-0.1, -0.05) is 336 Å². The number of aliphatic hydroxyl groups is 1. The van der Waals surface area contributed by atoms with Crippen LogP contribution in [0.4, 0.5) is 0 Å². The van der Waals surface area contributed by atoms with E-state index >= 15 is 0 Å². The summed E-state index contributed by atoms with van der Waals surface area (Å²) in [6.45, 7) is 7.20. The van der Waals surface area contributed by atoms with E-state index in [2.05, 4.69) is 34.6 Å². The minimum absolute atomic E-state index is 0.104. The SMILES string of the molecule is CCCCCCCCCCCCCCCCCCCCC(=O)O[C@H](COC(=O)CCCCCCCCCCCCCCCCCCC)COP(=O)(O)OC[C@@H](O)COP(=O)(O)OC[C@@H](COC(=O)CCCCCCCCC)OC(=O)CCCCCCCCCCC(C)C. The molecule has 0 saturated heterocycles. The number of aliphatic hydroxyl groups excluding tert-OH is 1. The monoisotopic (exact) mass is 1370 g/mol. The van der Waals surface area contributed by atoms with Gasteiger partial charge < -0.3 is 33.8 Å². The Balaban J connectivity index is 5.18. The van der Waals surface area contributed by atoms with Crippen LogP contribution >= 0.6 is 15.6 Å². The topological polar surface area (TPSA) is 237 Å². The zero-order valence-electron chi connectivity index (χ0n) is 60.4. The van der Waals surface area contributed by atoms with Crippen LogP contribution in [-0.2, 0) is 65.4 Å². The normalized spacial score (nSPS) is 14.0. The van der Waals surface area contributed by atoms with Crippen molar-refractivity contribution >= 4 is 39.5 Å². The first-order valence-corrected chi connectivity index (χ1v) is 41.6. The highest BCUT2D eigenvalue weighted by atomic mass is 31.2. The van der Waals surface area contributed by atoms with Gasteiger partial charge in [-0.25, -0.2) is 9.13 Å². The van der Waals surface area contributed by atoms with Crippen molar-refractivity contribution in [2.24, 2.45) is 5.92 Å². The van der Waals surface area contributed by atoms with E-state index in [1.807, 2.05) is 0 Å². The van der Waals surface area contributed by atoms with Gasteiger partial charge in [0.05, 0.1) is 26.4 Å². The van der Waals surface area contributed by atoms with Crippen molar-refractivity contribution in [1.82, 2.24) is 0 Å². The molecule has 0 aliphatic carbocycles. The quantitative estimate of drug-likeness (QED) is 0.0222. The fourth-order valence-electron chi connectivity index (χ4n) is 11.4. The highest BCUT2D eigenvalue weighted by Crippen LogP contribution is 2.45. The molecule has 0 bridgehead atoms. The Morgan fingerprint density at radius 3 is 0.731 bits per heavy atom. The van der Waals surface area contributed by atoms with Crippen molar-refractivity contribution in [2.45, 2.75) is 406 Å². The first-order valence-electron chi connectivity index (χ1n) is 38.6. The molecule has 0 saturated carbocycles. The van der Waals surface area contributed by atoms with Crippen molar-refractivity contribution < 1.29 is 80.2 Å². The molecule has 93 heavy (non-hydrogen) atoms. The van der Waals surface area contributed by atoms with Crippen LogP contribution in [0.2, 0.25) is 0 Å². The van der Waals surface area contributed by atoms with Gasteiger partial charge in [0, 0.05) is 25.7 Å². The van der Waals surface area contributed by atoms with E-state index in [1.54, 1.807) is 0 Å². The zero-order valence-corrected chi connectivity index (χ0v) is 62.2. The van der Waals surface area contributed by atoms with Gasteiger partial charge in [0.15, 0.2) is 12.2 Å². The Morgan fingerprint density at radius 1 is 0.290 bits per heavy atom. The molecule has 0 radical (unpaired) electrons. The second-order valence-corrected chi connectivity index (χ2v) is 30.1. The number of rotatable bonds is 74. The third kappa shape index (κ3) is 68.4. The predicted octanol–water partition coefficient (Wildman–Crippen LogP) is 21.7. The lowest BCUT2D eigenvalue weighted by atomic mass is 10.0. The molecule has 0 heterocycles. The van der Waals surface area contributed by atoms with Gasteiger partial charge in [-0.2, -0.15) is 0 Å². The number of esters is 4. The van der Waals surface area contributed by atoms with Crippen LogP contribution in [0.1, 0.15) is 388 Å². The average Bonchev–Trinajstić information content (AvgIpc) is 3.69. The van der Waals surface area contributed by atoms with E-state index in [9.17, 15) is 43.2 Å². The van der Waals surface area contributed by atoms with E-state index in [-0.39, 0.29) is 25.7 Å². The number of carbonyl (C=O) groups excluding carboxylic acids is 4. The lowest BCUT2D eigenvalue weighted by Crippen LogP contribution is -2.30. The second kappa shape index (κ2) is 67.3. The number of phosphoric acid groups is 2. The van der Waals surface area contributed by atoms with Gasteiger partial charge in [0.25, 0.3) is 0 Å². The van der Waals surface area contributed by atoms with E-state index < -0.39 is 97.5 Å². The molecule has 0 rings (SSSR count). The third-order valence-corrected chi connectivity index (χ3v) is 19.2. The second-order valence-electron chi connectivity index (χ2n) is 27.2. The molecule has 19 heteroatoms. The number of carbonyl (C=O) groups is 4. The molecule has 0 aromatic heterocycles. The Kier molecular flexibility index (Phi) is 65.9. The molecule has 0 aromatic rings. The van der Waals surface area contributed by atoms with Crippen LogP contribution in [0.3, 0.4) is 0 Å². The molecule has 0 aromatic carbocycles. The van der Waals surface area contributed by atoms with Crippen molar-refractivity contribution in [3.8, 4) is 0 Å². The predicted molar refractivity (Wildman–Crippen MR) is 377 cm³/mol. The van der Waals surface area contributed by atoms with E-state index in [1.165, 1.54) is 199 Å². The largest absolute Gasteiger partial charge is 0.472 e. The number of hydrogen-bond donors (Lipinski definition) is 3. The zero-order chi connectivity index (χ0) is 68.4.